The highest BCUT2D eigenvalue weighted by Crippen LogP contribution is 2.23. The number of carbonyl (C=O) groups is 2. The van der Waals surface area contributed by atoms with Gasteiger partial charge in [0.1, 0.15) is 31.0 Å². The van der Waals surface area contributed by atoms with Crippen molar-refractivity contribution in [3.05, 3.63) is 0 Å². The number of carboxylic acid groups (broad SMARTS) is 1. The normalized spacial score (nSPS) is 32.8. The van der Waals surface area contributed by atoms with Gasteiger partial charge in [-0.1, -0.05) is 0 Å². The molecule has 0 saturated carbocycles. The lowest BCUT2D eigenvalue weighted by Gasteiger charge is -2.39. The molecule has 10 heteroatoms. The van der Waals surface area contributed by atoms with E-state index in [4.69, 9.17) is 19.3 Å². The molecule has 5 N–H and O–H groups in total. The monoisotopic (exact) mass is 352 g/mol. The van der Waals surface area contributed by atoms with Crippen LogP contribution in [0.3, 0.4) is 0 Å². The van der Waals surface area contributed by atoms with Gasteiger partial charge in [-0.3, -0.25) is 9.59 Å². The zero-order valence-corrected chi connectivity index (χ0v) is 13.5. The SMILES string of the molecule is CCO[C@@H]1O[C@H](COC(=O)C[C@](C)(O)CC(=O)O)[C@@H](O)[C@H](O)[C@H]1O. The van der Waals surface area contributed by atoms with Crippen molar-refractivity contribution in [2.45, 2.75) is 63.0 Å². The lowest BCUT2D eigenvalue weighted by Crippen LogP contribution is -2.59. The van der Waals surface area contributed by atoms with Crippen molar-refractivity contribution in [2.24, 2.45) is 0 Å². The number of aliphatic carboxylic acids is 1. The molecule has 0 radical (unpaired) electrons. The lowest BCUT2D eigenvalue weighted by molar-refractivity contribution is -0.300. The number of ether oxygens (including phenoxy) is 3. The summed E-state index contributed by atoms with van der Waals surface area (Å²) in [7, 11) is 0. The van der Waals surface area contributed by atoms with Gasteiger partial charge in [-0.2, -0.15) is 0 Å². The number of esters is 1. The molecule has 140 valence electrons. The zero-order valence-electron chi connectivity index (χ0n) is 13.5. The van der Waals surface area contributed by atoms with Crippen molar-refractivity contribution in [1.29, 1.82) is 0 Å². The Labute approximate surface area is 138 Å². The molecular weight excluding hydrogens is 328 g/mol. The molecule has 24 heavy (non-hydrogen) atoms. The Morgan fingerprint density at radius 3 is 2.29 bits per heavy atom. The number of aliphatic hydroxyl groups excluding tert-OH is 3. The van der Waals surface area contributed by atoms with E-state index in [1.807, 2.05) is 0 Å². The average molecular weight is 352 g/mol. The van der Waals surface area contributed by atoms with Gasteiger partial charge in [0, 0.05) is 6.61 Å². The van der Waals surface area contributed by atoms with Crippen LogP contribution in [0, 0.1) is 0 Å². The van der Waals surface area contributed by atoms with E-state index in [-0.39, 0.29) is 6.61 Å². The Morgan fingerprint density at radius 1 is 1.12 bits per heavy atom. The maximum Gasteiger partial charge on any atom is 0.308 e. The molecular formula is C14H24O10. The summed E-state index contributed by atoms with van der Waals surface area (Å²) < 4.78 is 15.2. The number of hydrogen-bond donors (Lipinski definition) is 5. The number of carboxylic acids is 1. The molecule has 0 unspecified atom stereocenters. The molecule has 1 aliphatic heterocycles. The van der Waals surface area contributed by atoms with Gasteiger partial charge in [-0.05, 0) is 13.8 Å². The van der Waals surface area contributed by atoms with Crippen molar-refractivity contribution in [3.8, 4) is 0 Å². The van der Waals surface area contributed by atoms with Crippen LogP contribution in [-0.2, 0) is 23.8 Å². The van der Waals surface area contributed by atoms with E-state index in [2.05, 4.69) is 0 Å². The molecule has 0 aliphatic carbocycles. The summed E-state index contributed by atoms with van der Waals surface area (Å²) in [5, 5.41) is 47.7. The zero-order chi connectivity index (χ0) is 18.5. The molecule has 0 spiro atoms. The Bertz CT molecular complexity index is 437. The highest BCUT2D eigenvalue weighted by Gasteiger charge is 2.44. The first-order valence-electron chi connectivity index (χ1n) is 7.48. The highest BCUT2D eigenvalue weighted by atomic mass is 16.7. The van der Waals surface area contributed by atoms with Gasteiger partial charge in [-0.15, -0.1) is 0 Å². The number of hydrogen-bond acceptors (Lipinski definition) is 9. The molecule has 0 aromatic rings. The molecule has 1 rings (SSSR count). The molecule has 0 aromatic heterocycles. The second-order valence-electron chi connectivity index (χ2n) is 5.90. The number of carbonyl (C=O) groups excluding carboxylic acids is 1. The van der Waals surface area contributed by atoms with Crippen LogP contribution in [0.4, 0.5) is 0 Å². The molecule has 0 aromatic carbocycles. The van der Waals surface area contributed by atoms with E-state index in [1.165, 1.54) is 6.92 Å². The van der Waals surface area contributed by atoms with Crippen molar-refractivity contribution in [2.75, 3.05) is 13.2 Å². The van der Waals surface area contributed by atoms with Crippen LogP contribution in [0.2, 0.25) is 0 Å². The molecule has 1 fully saturated rings. The van der Waals surface area contributed by atoms with Crippen molar-refractivity contribution < 1.29 is 49.3 Å². The molecule has 10 nitrogen and oxygen atoms in total. The van der Waals surface area contributed by atoms with Gasteiger partial charge < -0.3 is 39.7 Å². The molecule has 0 amide bonds. The van der Waals surface area contributed by atoms with Crippen LogP contribution < -0.4 is 0 Å². The van der Waals surface area contributed by atoms with Crippen LogP contribution in [0.5, 0.6) is 0 Å². The predicted octanol–water partition coefficient (Wildman–Crippen LogP) is -2.01. The van der Waals surface area contributed by atoms with E-state index in [9.17, 15) is 30.0 Å². The smallest absolute Gasteiger partial charge is 0.308 e. The first-order chi connectivity index (χ1) is 11.1. The largest absolute Gasteiger partial charge is 0.481 e. The van der Waals surface area contributed by atoms with Crippen molar-refractivity contribution in [3.63, 3.8) is 0 Å². The standard InChI is InChI=1S/C14H24O10/c1-3-22-13-12(20)11(19)10(18)7(24-13)6-23-9(17)5-14(2,21)4-8(15)16/h7,10-13,18-21H,3-6H2,1-2H3,(H,15,16)/t7-,10-,11+,12-,13-,14-/m1/s1. The third-order valence-corrected chi connectivity index (χ3v) is 3.47. The van der Waals surface area contributed by atoms with Gasteiger partial charge in [-0.25, -0.2) is 0 Å². The topological polar surface area (TPSA) is 163 Å². The van der Waals surface area contributed by atoms with E-state index in [1.54, 1.807) is 6.92 Å². The molecule has 6 atom stereocenters. The van der Waals surface area contributed by atoms with Crippen LogP contribution in [-0.4, -0.2) is 87.0 Å². The van der Waals surface area contributed by atoms with Gasteiger partial charge in [0.15, 0.2) is 6.29 Å². The second kappa shape index (κ2) is 8.70. The Kier molecular flexibility index (Phi) is 7.52. The van der Waals surface area contributed by atoms with E-state index >= 15 is 0 Å². The quantitative estimate of drug-likeness (QED) is 0.308. The maximum atomic E-state index is 11.7. The average Bonchev–Trinajstić information content (AvgIpc) is 2.44. The van der Waals surface area contributed by atoms with Crippen molar-refractivity contribution in [1.82, 2.24) is 0 Å². The lowest BCUT2D eigenvalue weighted by atomic mass is 9.98. The molecule has 1 aliphatic rings. The van der Waals surface area contributed by atoms with Gasteiger partial charge >= 0.3 is 11.9 Å². The summed E-state index contributed by atoms with van der Waals surface area (Å²) >= 11 is 0. The van der Waals surface area contributed by atoms with Crippen molar-refractivity contribution >= 4 is 11.9 Å². The maximum absolute atomic E-state index is 11.7. The summed E-state index contributed by atoms with van der Waals surface area (Å²) in [6.45, 7) is 2.55. The van der Waals surface area contributed by atoms with Crippen LogP contribution in [0.15, 0.2) is 0 Å². The molecule has 1 heterocycles. The first kappa shape index (κ1) is 20.7. The summed E-state index contributed by atoms with van der Waals surface area (Å²) in [5.74, 6) is -2.17. The minimum atomic E-state index is -1.78. The predicted molar refractivity (Wildman–Crippen MR) is 76.8 cm³/mol. The fraction of sp³-hybridized carbons (Fsp3) is 0.857. The van der Waals surface area contributed by atoms with E-state index in [0.717, 1.165) is 0 Å². The van der Waals surface area contributed by atoms with Crippen LogP contribution >= 0.6 is 0 Å². The Morgan fingerprint density at radius 2 is 1.75 bits per heavy atom. The fourth-order valence-corrected chi connectivity index (χ4v) is 2.28. The summed E-state index contributed by atoms with van der Waals surface area (Å²) in [4.78, 5) is 22.3. The van der Waals surface area contributed by atoms with E-state index in [0.29, 0.717) is 0 Å². The van der Waals surface area contributed by atoms with Gasteiger partial charge in [0.05, 0.1) is 18.4 Å². The third-order valence-electron chi connectivity index (χ3n) is 3.47. The molecule has 1 saturated heterocycles. The van der Waals surface area contributed by atoms with Gasteiger partial charge in [0.25, 0.3) is 0 Å². The molecule has 0 bridgehead atoms. The van der Waals surface area contributed by atoms with E-state index < -0.39 is 67.7 Å². The van der Waals surface area contributed by atoms with Crippen LogP contribution in [0.25, 0.3) is 0 Å². The number of aliphatic hydroxyl groups is 4. The minimum Gasteiger partial charge on any atom is -0.481 e. The minimum absolute atomic E-state index is 0.190. The Hall–Kier alpha value is -1.30. The van der Waals surface area contributed by atoms with Crippen LogP contribution in [0.1, 0.15) is 26.7 Å². The van der Waals surface area contributed by atoms with Gasteiger partial charge in [0.2, 0.25) is 0 Å². The Balaban J connectivity index is 2.55. The summed E-state index contributed by atoms with van der Waals surface area (Å²) in [6.07, 6.45) is -8.05. The summed E-state index contributed by atoms with van der Waals surface area (Å²) in [6, 6.07) is 0. The summed E-state index contributed by atoms with van der Waals surface area (Å²) in [5.41, 5.74) is -1.78. The first-order valence-corrected chi connectivity index (χ1v) is 7.48. The third kappa shape index (κ3) is 5.96. The highest BCUT2D eigenvalue weighted by molar-refractivity contribution is 5.73. The second-order valence-corrected chi connectivity index (χ2v) is 5.90. The fourth-order valence-electron chi connectivity index (χ4n) is 2.28. The number of rotatable bonds is 8.